The molecular formula is C60H97N3O22. The fourth-order valence-corrected chi connectivity index (χ4v) is 11.0. The minimum Gasteiger partial charge on any atom is -0.462 e. The van der Waals surface area contributed by atoms with Crippen molar-refractivity contribution >= 4 is 11.9 Å². The molecule has 0 radical (unpaired) electrons. The number of aliphatic hydroxyl groups excluding tert-OH is 12. The summed E-state index contributed by atoms with van der Waals surface area (Å²) in [6.07, 6.45) is -2.45. The van der Waals surface area contributed by atoms with Crippen LogP contribution in [0.15, 0.2) is 85.1 Å². The van der Waals surface area contributed by atoms with E-state index < -0.39 is 184 Å². The highest BCUT2D eigenvalue weighted by atomic mass is 16.7. The number of fused-ring (bicyclic) bond motifs is 2. The van der Waals surface area contributed by atoms with Gasteiger partial charge in [-0.15, -0.1) is 0 Å². The molecule has 0 spiro atoms. The van der Waals surface area contributed by atoms with Crippen LogP contribution < -0.4 is 10.6 Å². The van der Waals surface area contributed by atoms with E-state index in [9.17, 15) is 81.1 Å². The van der Waals surface area contributed by atoms with Crippen molar-refractivity contribution in [1.82, 2.24) is 15.5 Å². The van der Waals surface area contributed by atoms with Crippen molar-refractivity contribution in [2.75, 3.05) is 52.5 Å². The van der Waals surface area contributed by atoms with Gasteiger partial charge in [0.15, 0.2) is 12.1 Å². The Morgan fingerprint density at radius 3 is 1.94 bits per heavy atom. The molecule has 3 unspecified atom stereocenters. The van der Waals surface area contributed by atoms with E-state index in [0.29, 0.717) is 26.2 Å². The van der Waals surface area contributed by atoms with Crippen molar-refractivity contribution in [3.8, 4) is 0 Å². The molecule has 25 nitrogen and oxygen atoms in total. The van der Waals surface area contributed by atoms with Crippen molar-refractivity contribution < 1.29 is 110 Å². The first-order valence-corrected chi connectivity index (χ1v) is 29.7. The van der Waals surface area contributed by atoms with E-state index in [4.69, 9.17) is 28.4 Å². The molecule has 85 heavy (non-hydrogen) atoms. The van der Waals surface area contributed by atoms with Gasteiger partial charge in [-0.1, -0.05) is 98.9 Å². The zero-order chi connectivity index (χ0) is 62.4. The Bertz CT molecular complexity index is 2210. The SMILES string of the molecule is CC1[C@H](C)OC(=O)C[C@H](O)C[C@H](O)CC[C@@H](O)[C@H](O)C[C@H](O)C[C@]2(O)C[C@H](O)C(C(=O)NCCCN3CCOCC3)C(C[C@@H](O[C@@H]3O[C@H](C)[C@@H](O)[C@H](NC[C@@]4(O)OC[C@@H](O)[C@@H](O)[C@@H]4O)[C@@H]3O)/C=C/C=C/C=C/C=C/C=C/C=C/C=C/[C@H](C)[C@H]1O)O2. The third-order valence-corrected chi connectivity index (χ3v) is 16.3. The number of ether oxygens (including phenoxy) is 6. The average molecular weight is 1210 g/mol. The van der Waals surface area contributed by atoms with Crippen LogP contribution in [0.25, 0.3) is 0 Å². The third-order valence-electron chi connectivity index (χ3n) is 16.3. The van der Waals surface area contributed by atoms with Crippen molar-refractivity contribution in [2.45, 2.75) is 207 Å². The number of carbonyl (C=O) groups excluding carboxylic acids is 2. The molecule has 4 saturated heterocycles. The third kappa shape index (κ3) is 23.0. The summed E-state index contributed by atoms with van der Waals surface area (Å²) in [5, 5.41) is 160. The number of esters is 1. The van der Waals surface area contributed by atoms with Crippen LogP contribution in [0.4, 0.5) is 0 Å². The Labute approximate surface area is 497 Å². The molecule has 484 valence electrons. The van der Waals surface area contributed by atoms with Crippen LogP contribution in [0.5, 0.6) is 0 Å². The number of morpholine rings is 1. The average Bonchev–Trinajstić information content (AvgIpc) is 3.49. The van der Waals surface area contributed by atoms with Gasteiger partial charge < -0.3 is 111 Å². The first-order chi connectivity index (χ1) is 40.3. The predicted molar refractivity (Wildman–Crippen MR) is 307 cm³/mol. The van der Waals surface area contributed by atoms with Crippen LogP contribution in [0.2, 0.25) is 0 Å². The van der Waals surface area contributed by atoms with E-state index in [1.165, 1.54) is 13.0 Å². The van der Waals surface area contributed by atoms with E-state index in [2.05, 4.69) is 15.5 Å². The highest BCUT2D eigenvalue weighted by molar-refractivity contribution is 5.80. The maximum atomic E-state index is 14.2. The van der Waals surface area contributed by atoms with Gasteiger partial charge in [0.1, 0.15) is 30.5 Å². The smallest absolute Gasteiger partial charge is 0.308 e. The van der Waals surface area contributed by atoms with Crippen LogP contribution in [-0.4, -0.2) is 262 Å². The summed E-state index contributed by atoms with van der Waals surface area (Å²) in [5.41, 5.74) is 0. The molecule has 1 amide bonds. The lowest BCUT2D eigenvalue weighted by Crippen LogP contribution is -2.69. The summed E-state index contributed by atoms with van der Waals surface area (Å²) in [4.78, 5) is 29.2. The summed E-state index contributed by atoms with van der Waals surface area (Å²) >= 11 is 0. The molecule has 4 fully saturated rings. The Morgan fingerprint density at radius 1 is 0.671 bits per heavy atom. The minimum atomic E-state index is -2.47. The fourth-order valence-electron chi connectivity index (χ4n) is 11.0. The number of amides is 1. The van der Waals surface area contributed by atoms with Gasteiger partial charge in [0, 0.05) is 57.2 Å². The van der Waals surface area contributed by atoms with E-state index in [1.54, 1.807) is 86.8 Å². The molecule has 0 aliphatic carbocycles. The van der Waals surface area contributed by atoms with Crippen molar-refractivity contribution in [3.05, 3.63) is 85.1 Å². The Morgan fingerprint density at radius 2 is 1.29 bits per heavy atom. The maximum Gasteiger partial charge on any atom is 0.308 e. The molecule has 5 heterocycles. The van der Waals surface area contributed by atoms with Crippen LogP contribution in [0, 0.1) is 17.8 Å². The normalized spacial score (nSPS) is 44.4. The highest BCUT2D eigenvalue weighted by Gasteiger charge is 2.53. The number of aliphatic hydroxyl groups is 14. The van der Waals surface area contributed by atoms with Gasteiger partial charge >= 0.3 is 5.97 Å². The number of rotatable bonds is 10. The second kappa shape index (κ2) is 35.5. The lowest BCUT2D eigenvalue weighted by molar-refractivity contribution is -0.323. The lowest BCUT2D eigenvalue weighted by atomic mass is 9.82. The molecule has 0 aromatic heterocycles. The summed E-state index contributed by atoms with van der Waals surface area (Å²) in [6.45, 7) is 8.95. The van der Waals surface area contributed by atoms with Gasteiger partial charge in [-0.3, -0.25) is 14.5 Å². The van der Waals surface area contributed by atoms with Crippen molar-refractivity contribution in [1.29, 1.82) is 0 Å². The molecule has 23 atom stereocenters. The molecule has 0 aromatic rings. The molecule has 16 N–H and O–H groups in total. The number of hydrogen-bond acceptors (Lipinski definition) is 24. The lowest BCUT2D eigenvalue weighted by Gasteiger charge is -2.47. The minimum absolute atomic E-state index is 0.130. The zero-order valence-electron chi connectivity index (χ0n) is 49.2. The molecule has 5 aliphatic heterocycles. The number of nitrogens with zero attached hydrogens (tertiary/aromatic N) is 1. The van der Waals surface area contributed by atoms with Gasteiger partial charge in [0.25, 0.3) is 0 Å². The largest absolute Gasteiger partial charge is 0.462 e. The Kier molecular flexibility index (Phi) is 30.1. The molecule has 25 heteroatoms. The maximum absolute atomic E-state index is 14.2. The molecule has 2 bridgehead atoms. The van der Waals surface area contributed by atoms with E-state index in [0.717, 1.165) is 13.1 Å². The van der Waals surface area contributed by atoms with Crippen molar-refractivity contribution in [2.24, 2.45) is 17.8 Å². The van der Waals surface area contributed by atoms with Crippen LogP contribution in [0.3, 0.4) is 0 Å². The molecule has 5 rings (SSSR count). The van der Waals surface area contributed by atoms with Crippen LogP contribution >= 0.6 is 0 Å². The number of allylic oxidation sites excluding steroid dienone is 12. The van der Waals surface area contributed by atoms with Gasteiger partial charge in [0.2, 0.25) is 11.7 Å². The van der Waals surface area contributed by atoms with Crippen LogP contribution in [-0.2, 0) is 38.0 Å². The highest BCUT2D eigenvalue weighted by Crippen LogP contribution is 2.39. The number of cyclic esters (lactones) is 1. The van der Waals surface area contributed by atoms with E-state index in [1.807, 2.05) is 13.0 Å². The molecular weight excluding hydrogens is 1110 g/mol. The standard InChI is InChI=1S/C60H97N3O22/c1-36-18-15-13-11-9-7-5-6-8-10-12-14-16-19-43(84-58-55(75)51(53(73)39(4)83-58)62-35-60(79)56(76)54(74)47(70)34-81-60)31-48-50(57(77)61-22-17-23-63-24-26-80-27-25-63)46(69)33-59(78,85-48)32-42(66)29-45(68)44(67)21-20-40(64)28-41(65)30-49(71)82-38(3)37(2)52(36)72/h5-16,18-19,36-48,50-56,58,62,64-70,72-76,78-79H,17,20-35H2,1-4H3,(H,61,77)/b6-5+,9-7+,10-8+,13-11+,14-12+,18-15+,19-16+/t36-,37?,38-,39+,40+,41+,42-,43-,44+,45+,46-,47+,48?,50?,51-,52+,53+,54+,55-,56-,58-,59+,60+/m0/s1. The van der Waals surface area contributed by atoms with Crippen LogP contribution in [0.1, 0.15) is 85.5 Å². The monoisotopic (exact) mass is 1210 g/mol. The Hall–Kier alpha value is -3.72. The zero-order valence-corrected chi connectivity index (χ0v) is 49.2. The fraction of sp³-hybridized carbons (Fsp3) is 0.733. The molecule has 5 aliphatic rings. The van der Waals surface area contributed by atoms with E-state index in [-0.39, 0.29) is 38.1 Å². The first kappa shape index (κ1) is 72.0. The van der Waals surface area contributed by atoms with Gasteiger partial charge in [-0.05, 0) is 46.1 Å². The molecule has 0 aromatic carbocycles. The van der Waals surface area contributed by atoms with Gasteiger partial charge in [0.05, 0.1) is 112 Å². The van der Waals surface area contributed by atoms with Crippen molar-refractivity contribution in [3.63, 3.8) is 0 Å². The number of carbonyl (C=O) groups is 2. The van der Waals surface area contributed by atoms with Gasteiger partial charge in [-0.25, -0.2) is 0 Å². The topological polar surface area (TPSA) is 400 Å². The predicted octanol–water partition coefficient (Wildman–Crippen LogP) is -2.10. The van der Waals surface area contributed by atoms with E-state index >= 15 is 0 Å². The second-order valence-corrected chi connectivity index (χ2v) is 23.3. The Balaban J connectivity index is 1.42. The molecule has 0 saturated carbocycles. The summed E-state index contributed by atoms with van der Waals surface area (Å²) in [7, 11) is 0. The summed E-state index contributed by atoms with van der Waals surface area (Å²) in [6, 6.07) is -1.34. The quantitative estimate of drug-likeness (QED) is 0.0823. The van der Waals surface area contributed by atoms with Gasteiger partial charge in [-0.2, -0.15) is 0 Å². The first-order valence-electron chi connectivity index (χ1n) is 29.7. The summed E-state index contributed by atoms with van der Waals surface area (Å²) < 4.78 is 35.0. The number of nitrogens with one attached hydrogen (secondary N) is 2. The summed E-state index contributed by atoms with van der Waals surface area (Å²) in [5.74, 6) is -8.36. The second-order valence-electron chi connectivity index (χ2n) is 23.3. The number of hydrogen-bond donors (Lipinski definition) is 16.